The number of nitrogens with zero attached hydrogens (tertiary/aromatic N) is 5. The van der Waals surface area contributed by atoms with E-state index in [1.807, 2.05) is 42.5 Å². The van der Waals surface area contributed by atoms with E-state index in [1.165, 1.54) is 4.90 Å². The Balaban J connectivity index is 1.40. The molecule has 4 heterocycles. The smallest absolute Gasteiger partial charge is 0.261 e. The first-order valence-electron chi connectivity index (χ1n) is 10.4. The van der Waals surface area contributed by atoms with E-state index in [-0.39, 0.29) is 11.8 Å². The highest BCUT2D eigenvalue weighted by atomic mass is 16.2. The van der Waals surface area contributed by atoms with Crippen LogP contribution in [-0.4, -0.2) is 43.4 Å². The minimum Gasteiger partial charge on any atom is -0.274 e. The molecule has 2 amide bonds. The second-order valence-corrected chi connectivity index (χ2v) is 7.44. The highest BCUT2D eigenvalue weighted by Gasteiger charge is 2.34. The van der Waals surface area contributed by atoms with Crippen LogP contribution in [0.3, 0.4) is 0 Å². The highest BCUT2D eigenvalue weighted by Crippen LogP contribution is 2.26. The first-order chi connectivity index (χ1) is 15.7. The normalized spacial score (nSPS) is 12.8. The highest BCUT2D eigenvalue weighted by molar-refractivity contribution is 6.21. The van der Waals surface area contributed by atoms with E-state index in [1.54, 1.807) is 36.7 Å². The molecular formula is C25H19N5O2. The molecule has 7 heteroatoms. The summed E-state index contributed by atoms with van der Waals surface area (Å²) in [6.07, 6.45) is 4.63. The van der Waals surface area contributed by atoms with Gasteiger partial charge in [0.05, 0.1) is 22.5 Å². The summed E-state index contributed by atoms with van der Waals surface area (Å²) >= 11 is 0. The van der Waals surface area contributed by atoms with Gasteiger partial charge in [0.15, 0.2) is 0 Å². The van der Waals surface area contributed by atoms with E-state index in [9.17, 15) is 9.59 Å². The Morgan fingerprint density at radius 3 is 1.94 bits per heavy atom. The molecule has 0 saturated heterocycles. The largest absolute Gasteiger partial charge is 0.274 e. The van der Waals surface area contributed by atoms with Crippen molar-refractivity contribution in [3.05, 3.63) is 95.8 Å². The van der Waals surface area contributed by atoms with Crippen LogP contribution in [0.25, 0.3) is 22.8 Å². The number of amides is 2. The van der Waals surface area contributed by atoms with E-state index >= 15 is 0 Å². The molecule has 4 aromatic rings. The lowest BCUT2D eigenvalue weighted by molar-refractivity contribution is 0.0652. The molecule has 0 radical (unpaired) electrons. The van der Waals surface area contributed by atoms with Gasteiger partial charge in [-0.3, -0.25) is 24.5 Å². The number of hydrogen-bond acceptors (Lipinski definition) is 6. The maximum absolute atomic E-state index is 12.6. The van der Waals surface area contributed by atoms with Crippen LogP contribution in [0.15, 0.2) is 79.1 Å². The van der Waals surface area contributed by atoms with Crippen LogP contribution in [0.2, 0.25) is 0 Å². The molecule has 0 bridgehead atoms. The molecule has 5 rings (SSSR count). The van der Waals surface area contributed by atoms with Gasteiger partial charge in [0.2, 0.25) is 0 Å². The molecule has 1 aromatic carbocycles. The Labute approximate surface area is 184 Å². The molecule has 1 aliphatic rings. The van der Waals surface area contributed by atoms with Crippen molar-refractivity contribution >= 4 is 11.8 Å². The van der Waals surface area contributed by atoms with Crippen molar-refractivity contribution in [1.29, 1.82) is 0 Å². The molecule has 0 saturated carbocycles. The summed E-state index contributed by atoms with van der Waals surface area (Å²) in [5.41, 5.74) is 4.69. The van der Waals surface area contributed by atoms with Crippen LogP contribution in [-0.2, 0) is 6.42 Å². The van der Waals surface area contributed by atoms with Crippen LogP contribution in [0.4, 0.5) is 0 Å². The lowest BCUT2D eigenvalue weighted by atomic mass is 10.0. The van der Waals surface area contributed by atoms with Gasteiger partial charge in [-0.15, -0.1) is 10.2 Å². The monoisotopic (exact) mass is 421 g/mol. The van der Waals surface area contributed by atoms with Crippen LogP contribution >= 0.6 is 0 Å². The lowest BCUT2D eigenvalue weighted by Crippen LogP contribution is -2.31. The molecule has 0 atom stereocenters. The summed E-state index contributed by atoms with van der Waals surface area (Å²) < 4.78 is 0. The molecule has 0 aliphatic carbocycles. The molecule has 3 aromatic heterocycles. The Morgan fingerprint density at radius 1 is 0.688 bits per heavy atom. The number of aryl methyl sites for hydroxylation is 1. The van der Waals surface area contributed by atoms with Gasteiger partial charge >= 0.3 is 0 Å². The maximum atomic E-state index is 12.6. The molecule has 0 spiro atoms. The number of hydrogen-bond donors (Lipinski definition) is 0. The van der Waals surface area contributed by atoms with Crippen molar-refractivity contribution < 1.29 is 9.59 Å². The fourth-order valence-electron chi connectivity index (χ4n) is 3.85. The zero-order valence-corrected chi connectivity index (χ0v) is 17.2. The van der Waals surface area contributed by atoms with Crippen molar-refractivity contribution in [3.63, 3.8) is 0 Å². The fraction of sp³-hybridized carbons (Fsp3) is 0.120. The third-order valence-corrected chi connectivity index (χ3v) is 5.41. The maximum Gasteiger partial charge on any atom is 0.261 e. The number of benzene rings is 1. The number of fused-ring (bicyclic) bond motifs is 1. The van der Waals surface area contributed by atoms with Gasteiger partial charge < -0.3 is 0 Å². The molecular weight excluding hydrogens is 402 g/mol. The molecule has 32 heavy (non-hydrogen) atoms. The summed E-state index contributed by atoms with van der Waals surface area (Å²) in [5.74, 6) is -0.477. The van der Waals surface area contributed by atoms with Gasteiger partial charge in [-0.2, -0.15) is 0 Å². The van der Waals surface area contributed by atoms with E-state index in [0.29, 0.717) is 41.9 Å². The Hall–Kier alpha value is -4.26. The second-order valence-electron chi connectivity index (χ2n) is 7.44. The van der Waals surface area contributed by atoms with E-state index in [0.717, 1.165) is 17.0 Å². The van der Waals surface area contributed by atoms with Crippen molar-refractivity contribution in [2.75, 3.05) is 6.54 Å². The van der Waals surface area contributed by atoms with Crippen LogP contribution in [0.1, 0.15) is 32.7 Å². The van der Waals surface area contributed by atoms with Gasteiger partial charge in [-0.1, -0.05) is 24.3 Å². The number of imide groups is 1. The standard InChI is InChI=1S/C25H19N5O2/c31-24-18-9-1-2-10-19(18)25(32)30(24)15-7-8-17-16-22(20-11-3-5-13-26-20)28-29-23(17)21-12-4-6-14-27-21/h1-6,9-14,16H,7-8,15H2. The fourth-order valence-corrected chi connectivity index (χ4v) is 3.85. The van der Waals surface area contributed by atoms with E-state index < -0.39 is 0 Å². The van der Waals surface area contributed by atoms with Crippen molar-refractivity contribution in [3.8, 4) is 22.8 Å². The third kappa shape index (κ3) is 3.65. The lowest BCUT2D eigenvalue weighted by Gasteiger charge is -2.14. The van der Waals surface area contributed by atoms with Crippen LogP contribution < -0.4 is 0 Å². The van der Waals surface area contributed by atoms with Gasteiger partial charge in [-0.05, 0) is 60.9 Å². The first kappa shape index (κ1) is 19.7. The number of rotatable bonds is 6. The minimum atomic E-state index is -0.238. The summed E-state index contributed by atoms with van der Waals surface area (Å²) in [6, 6.07) is 20.2. The summed E-state index contributed by atoms with van der Waals surface area (Å²) in [5, 5.41) is 8.79. The second kappa shape index (κ2) is 8.47. The summed E-state index contributed by atoms with van der Waals surface area (Å²) in [4.78, 5) is 35.4. The van der Waals surface area contributed by atoms with E-state index in [2.05, 4.69) is 20.2 Å². The molecule has 0 fully saturated rings. The molecule has 1 aliphatic heterocycles. The Morgan fingerprint density at radius 2 is 1.31 bits per heavy atom. The molecule has 0 unspecified atom stereocenters. The molecule has 156 valence electrons. The van der Waals surface area contributed by atoms with Gasteiger partial charge in [0.1, 0.15) is 11.4 Å². The molecule has 0 N–H and O–H groups in total. The van der Waals surface area contributed by atoms with Gasteiger partial charge in [0, 0.05) is 18.9 Å². The van der Waals surface area contributed by atoms with Crippen molar-refractivity contribution in [2.24, 2.45) is 0 Å². The van der Waals surface area contributed by atoms with Crippen molar-refractivity contribution in [1.82, 2.24) is 25.1 Å². The SMILES string of the molecule is O=C1c2ccccc2C(=O)N1CCCc1cc(-c2ccccn2)nnc1-c1ccccn1. The third-order valence-electron chi connectivity index (χ3n) is 5.41. The number of pyridine rings is 2. The minimum absolute atomic E-state index is 0.238. The van der Waals surface area contributed by atoms with Gasteiger partial charge in [0.25, 0.3) is 11.8 Å². The molecule has 7 nitrogen and oxygen atoms in total. The Kier molecular flexibility index (Phi) is 5.21. The topological polar surface area (TPSA) is 88.9 Å². The predicted octanol–water partition coefficient (Wildman–Crippen LogP) is 3.83. The average Bonchev–Trinajstić information content (AvgIpc) is 3.10. The Bertz CT molecular complexity index is 1260. The zero-order chi connectivity index (χ0) is 21.9. The van der Waals surface area contributed by atoms with Crippen molar-refractivity contribution in [2.45, 2.75) is 12.8 Å². The number of carbonyl (C=O) groups excluding carboxylic acids is 2. The zero-order valence-electron chi connectivity index (χ0n) is 17.2. The summed E-state index contributed by atoms with van der Waals surface area (Å²) in [7, 11) is 0. The van der Waals surface area contributed by atoms with E-state index in [4.69, 9.17) is 0 Å². The van der Waals surface area contributed by atoms with Gasteiger partial charge in [-0.25, -0.2) is 0 Å². The number of aromatic nitrogens is 4. The average molecular weight is 421 g/mol. The van der Waals surface area contributed by atoms with Crippen LogP contribution in [0, 0.1) is 0 Å². The first-order valence-corrected chi connectivity index (χ1v) is 10.4. The van der Waals surface area contributed by atoms with Crippen LogP contribution in [0.5, 0.6) is 0 Å². The predicted molar refractivity (Wildman–Crippen MR) is 119 cm³/mol. The number of carbonyl (C=O) groups is 2. The summed E-state index contributed by atoms with van der Waals surface area (Å²) in [6.45, 7) is 0.329. The quantitative estimate of drug-likeness (QED) is 0.440.